The molecule has 0 aliphatic heterocycles. The van der Waals surface area contributed by atoms with Crippen molar-refractivity contribution in [1.29, 1.82) is 0 Å². The first-order chi connectivity index (χ1) is 8.97. The van der Waals surface area contributed by atoms with Crippen LogP contribution in [-0.4, -0.2) is 11.1 Å². The number of hydrogen-bond acceptors (Lipinski definition) is 1. The molecule has 0 spiro atoms. The Hall–Kier alpha value is -2.23. The van der Waals surface area contributed by atoms with Gasteiger partial charge in [-0.1, -0.05) is 24.3 Å². The first-order valence-corrected chi connectivity index (χ1v) is 5.74. The molecule has 0 saturated heterocycles. The van der Waals surface area contributed by atoms with Gasteiger partial charge in [-0.15, -0.1) is 0 Å². The molecule has 0 amide bonds. The third kappa shape index (κ3) is 2.96. The van der Waals surface area contributed by atoms with Gasteiger partial charge in [-0.25, -0.2) is 8.78 Å². The Kier molecular flexibility index (Phi) is 3.60. The van der Waals surface area contributed by atoms with Gasteiger partial charge in [-0.3, -0.25) is 4.79 Å². The van der Waals surface area contributed by atoms with E-state index in [4.69, 9.17) is 5.11 Å². The van der Waals surface area contributed by atoms with Crippen molar-refractivity contribution in [3.63, 3.8) is 0 Å². The molecule has 0 atom stereocenters. The Bertz CT molecular complexity index is 636. The van der Waals surface area contributed by atoms with Crippen LogP contribution in [-0.2, 0) is 11.2 Å². The summed E-state index contributed by atoms with van der Waals surface area (Å²) < 4.78 is 27.0. The highest BCUT2D eigenvalue weighted by molar-refractivity contribution is 5.72. The van der Waals surface area contributed by atoms with Gasteiger partial charge in [0.15, 0.2) is 0 Å². The molecule has 0 heterocycles. The van der Waals surface area contributed by atoms with Gasteiger partial charge < -0.3 is 5.11 Å². The van der Waals surface area contributed by atoms with Crippen molar-refractivity contribution in [1.82, 2.24) is 0 Å². The van der Waals surface area contributed by atoms with Crippen LogP contribution in [0.4, 0.5) is 8.78 Å². The van der Waals surface area contributed by atoms with Gasteiger partial charge in [0, 0.05) is 11.6 Å². The molecule has 0 unspecified atom stereocenters. The lowest BCUT2D eigenvalue weighted by molar-refractivity contribution is -0.136. The van der Waals surface area contributed by atoms with Crippen LogP contribution in [0.25, 0.3) is 11.1 Å². The number of aliphatic carboxylic acids is 1. The molecule has 4 heteroatoms. The number of halogens is 2. The number of rotatable bonds is 3. The summed E-state index contributed by atoms with van der Waals surface area (Å²) in [6.07, 6.45) is -0.129. The van der Waals surface area contributed by atoms with Crippen LogP contribution >= 0.6 is 0 Å². The molecule has 0 aliphatic rings. The minimum atomic E-state index is -0.951. The van der Waals surface area contributed by atoms with Gasteiger partial charge >= 0.3 is 5.97 Å². The van der Waals surface area contributed by atoms with E-state index in [2.05, 4.69) is 0 Å². The lowest BCUT2D eigenvalue weighted by Crippen LogP contribution is -2.00. The molecule has 0 fully saturated rings. The molecule has 0 radical (unpaired) electrons. The van der Waals surface area contributed by atoms with Crippen LogP contribution in [0.3, 0.4) is 0 Å². The smallest absolute Gasteiger partial charge is 0.307 e. The predicted molar refractivity (Wildman–Crippen MR) is 67.9 cm³/mol. The third-order valence-electron chi connectivity index (χ3n) is 2.84. The predicted octanol–water partition coefficient (Wildman–Crippen LogP) is 3.57. The van der Waals surface area contributed by atoms with E-state index in [1.165, 1.54) is 6.07 Å². The van der Waals surface area contributed by atoms with Crippen LogP contribution in [0.2, 0.25) is 0 Å². The van der Waals surface area contributed by atoms with Gasteiger partial charge in [-0.2, -0.15) is 0 Å². The summed E-state index contributed by atoms with van der Waals surface area (Å²) in [6.45, 7) is 1.55. The number of carbonyl (C=O) groups is 1. The maximum atomic E-state index is 13.8. The first-order valence-electron chi connectivity index (χ1n) is 5.74. The summed E-state index contributed by atoms with van der Waals surface area (Å²) in [5.74, 6) is -2.20. The number of benzene rings is 2. The van der Waals surface area contributed by atoms with Gasteiger partial charge in [0.05, 0.1) is 6.42 Å². The molecule has 98 valence electrons. The molecule has 0 bridgehead atoms. The van der Waals surface area contributed by atoms with Crippen molar-refractivity contribution in [3.8, 4) is 11.1 Å². The number of carboxylic acid groups (broad SMARTS) is 1. The van der Waals surface area contributed by atoms with E-state index in [-0.39, 0.29) is 12.0 Å². The summed E-state index contributed by atoms with van der Waals surface area (Å²) in [5.41, 5.74) is 1.73. The second-order valence-corrected chi connectivity index (χ2v) is 4.35. The standard InChI is InChI=1S/C15H12F2O2/c1-9-5-12(14(17)8-13(9)16)11-4-2-3-10(6-11)7-15(18)19/h2-6,8H,7H2,1H3,(H,18,19). The Morgan fingerprint density at radius 2 is 1.89 bits per heavy atom. The summed E-state index contributed by atoms with van der Waals surface area (Å²) >= 11 is 0. The Balaban J connectivity index is 2.47. The topological polar surface area (TPSA) is 37.3 Å². The van der Waals surface area contributed by atoms with Gasteiger partial charge in [0.1, 0.15) is 11.6 Å². The van der Waals surface area contributed by atoms with Crippen LogP contribution < -0.4 is 0 Å². The van der Waals surface area contributed by atoms with Crippen molar-refractivity contribution >= 4 is 5.97 Å². The highest BCUT2D eigenvalue weighted by Crippen LogP contribution is 2.26. The van der Waals surface area contributed by atoms with Crippen molar-refractivity contribution < 1.29 is 18.7 Å². The molecular weight excluding hydrogens is 250 g/mol. The lowest BCUT2D eigenvalue weighted by atomic mass is 9.99. The molecular formula is C15H12F2O2. The van der Waals surface area contributed by atoms with E-state index in [1.807, 2.05) is 0 Å². The van der Waals surface area contributed by atoms with Gasteiger partial charge in [-0.05, 0) is 29.7 Å². The van der Waals surface area contributed by atoms with Crippen LogP contribution in [0.5, 0.6) is 0 Å². The first kappa shape index (κ1) is 13.2. The number of hydrogen-bond donors (Lipinski definition) is 1. The van der Waals surface area contributed by atoms with E-state index in [1.54, 1.807) is 31.2 Å². The zero-order chi connectivity index (χ0) is 14.0. The van der Waals surface area contributed by atoms with E-state index in [0.717, 1.165) is 6.07 Å². The highest BCUT2D eigenvalue weighted by atomic mass is 19.1. The maximum Gasteiger partial charge on any atom is 0.307 e. The average Bonchev–Trinajstić information content (AvgIpc) is 2.33. The van der Waals surface area contributed by atoms with Crippen LogP contribution in [0.15, 0.2) is 36.4 Å². The molecule has 0 saturated carbocycles. The fourth-order valence-electron chi connectivity index (χ4n) is 1.90. The van der Waals surface area contributed by atoms with Crippen molar-refractivity contribution in [2.75, 3.05) is 0 Å². The van der Waals surface area contributed by atoms with Gasteiger partial charge in [0.25, 0.3) is 0 Å². The maximum absolute atomic E-state index is 13.8. The van der Waals surface area contributed by atoms with Gasteiger partial charge in [0.2, 0.25) is 0 Å². The zero-order valence-electron chi connectivity index (χ0n) is 10.3. The van der Waals surface area contributed by atoms with Crippen molar-refractivity contribution in [2.45, 2.75) is 13.3 Å². The van der Waals surface area contributed by atoms with Crippen LogP contribution in [0.1, 0.15) is 11.1 Å². The van der Waals surface area contributed by atoms with E-state index >= 15 is 0 Å². The van der Waals surface area contributed by atoms with Crippen molar-refractivity contribution in [3.05, 3.63) is 59.2 Å². The minimum Gasteiger partial charge on any atom is -0.481 e. The quantitative estimate of drug-likeness (QED) is 0.918. The normalized spacial score (nSPS) is 10.5. The molecule has 1 N–H and O–H groups in total. The summed E-state index contributed by atoms with van der Waals surface area (Å²) in [5, 5.41) is 8.74. The zero-order valence-corrected chi connectivity index (χ0v) is 10.3. The molecule has 0 aromatic heterocycles. The van der Waals surface area contributed by atoms with E-state index in [0.29, 0.717) is 16.7 Å². The monoisotopic (exact) mass is 262 g/mol. The van der Waals surface area contributed by atoms with E-state index in [9.17, 15) is 13.6 Å². The lowest BCUT2D eigenvalue weighted by Gasteiger charge is -2.07. The average molecular weight is 262 g/mol. The van der Waals surface area contributed by atoms with Crippen molar-refractivity contribution in [2.24, 2.45) is 0 Å². The Morgan fingerprint density at radius 3 is 2.58 bits per heavy atom. The fourth-order valence-corrected chi connectivity index (χ4v) is 1.90. The minimum absolute atomic E-state index is 0.129. The second-order valence-electron chi connectivity index (χ2n) is 4.35. The van der Waals surface area contributed by atoms with E-state index < -0.39 is 17.6 Å². The molecule has 19 heavy (non-hydrogen) atoms. The molecule has 2 aromatic carbocycles. The SMILES string of the molecule is Cc1cc(-c2cccc(CC(=O)O)c2)c(F)cc1F. The highest BCUT2D eigenvalue weighted by Gasteiger charge is 2.10. The Morgan fingerprint density at radius 1 is 1.16 bits per heavy atom. The third-order valence-corrected chi connectivity index (χ3v) is 2.84. The fraction of sp³-hybridized carbons (Fsp3) is 0.133. The molecule has 2 nitrogen and oxygen atoms in total. The number of carboxylic acids is 1. The Labute approximate surface area is 109 Å². The number of aryl methyl sites for hydroxylation is 1. The molecule has 0 aliphatic carbocycles. The second kappa shape index (κ2) is 5.18. The molecule has 2 aromatic rings. The largest absolute Gasteiger partial charge is 0.481 e. The summed E-state index contributed by atoms with van der Waals surface area (Å²) in [7, 11) is 0. The summed E-state index contributed by atoms with van der Waals surface area (Å²) in [6, 6.07) is 8.85. The summed E-state index contributed by atoms with van der Waals surface area (Å²) in [4.78, 5) is 10.7. The van der Waals surface area contributed by atoms with Crippen LogP contribution in [0, 0.1) is 18.6 Å². The molecule has 2 rings (SSSR count).